The van der Waals surface area contributed by atoms with Crippen LogP contribution in [0.5, 0.6) is 0 Å². The number of fused-ring (bicyclic) bond motifs is 1. The normalized spacial score (nSPS) is 15.3. The Hall–Kier alpha value is -1.68. The zero-order valence-corrected chi connectivity index (χ0v) is 8.76. The zero-order chi connectivity index (χ0) is 11.0. The van der Waals surface area contributed by atoms with Crippen molar-refractivity contribution in [1.82, 2.24) is 10.1 Å². The average Bonchev–Trinajstić information content (AvgIpc) is 2.95. The number of aliphatic hydroxyl groups excluding tert-OH is 1. The quantitative estimate of drug-likeness (QED) is 0.825. The first kappa shape index (κ1) is 9.54. The van der Waals surface area contributed by atoms with E-state index in [0.717, 1.165) is 12.8 Å². The largest absolute Gasteiger partial charge is 0.388 e. The van der Waals surface area contributed by atoms with Crippen molar-refractivity contribution in [3.8, 4) is 0 Å². The molecule has 0 saturated heterocycles. The van der Waals surface area contributed by atoms with E-state index in [1.165, 1.54) is 11.1 Å². The molecule has 1 aromatic heterocycles. The second kappa shape index (κ2) is 3.72. The van der Waals surface area contributed by atoms with Gasteiger partial charge >= 0.3 is 0 Å². The second-order valence-corrected chi connectivity index (χ2v) is 4.08. The fraction of sp³-hybridized carbons (Fsp3) is 0.333. The number of aromatic nitrogens is 2. The average molecular weight is 216 g/mol. The Balaban J connectivity index is 1.85. The molecule has 0 fully saturated rings. The van der Waals surface area contributed by atoms with Gasteiger partial charge in [-0.3, -0.25) is 0 Å². The van der Waals surface area contributed by atoms with E-state index in [1.807, 2.05) is 12.1 Å². The topological polar surface area (TPSA) is 59.2 Å². The maximum absolute atomic E-state index is 8.88. The molecule has 0 amide bonds. The summed E-state index contributed by atoms with van der Waals surface area (Å²) in [4.78, 5) is 4.17. The molecule has 1 heterocycles. The number of hydrogen-bond acceptors (Lipinski definition) is 4. The van der Waals surface area contributed by atoms with Gasteiger partial charge < -0.3 is 9.63 Å². The fourth-order valence-corrected chi connectivity index (χ4v) is 2.23. The summed E-state index contributed by atoms with van der Waals surface area (Å²) in [5, 5.41) is 12.6. The molecule has 0 saturated carbocycles. The van der Waals surface area contributed by atoms with E-state index in [9.17, 15) is 0 Å². The molecule has 1 aliphatic carbocycles. The Morgan fingerprint density at radius 3 is 2.50 bits per heavy atom. The van der Waals surface area contributed by atoms with Gasteiger partial charge in [0.2, 0.25) is 5.89 Å². The Kier molecular flexibility index (Phi) is 2.22. The lowest BCUT2D eigenvalue weighted by molar-refractivity contribution is 0.262. The number of nitrogens with zero attached hydrogens (tertiary/aromatic N) is 2. The van der Waals surface area contributed by atoms with Gasteiger partial charge in [0, 0.05) is 5.92 Å². The van der Waals surface area contributed by atoms with E-state index < -0.39 is 0 Å². The van der Waals surface area contributed by atoms with Crippen molar-refractivity contribution in [2.75, 3.05) is 0 Å². The minimum atomic E-state index is -0.164. The Bertz CT molecular complexity index is 482. The van der Waals surface area contributed by atoms with Gasteiger partial charge in [0.1, 0.15) is 6.61 Å². The van der Waals surface area contributed by atoms with E-state index in [0.29, 0.717) is 11.7 Å². The molecule has 1 aromatic carbocycles. The van der Waals surface area contributed by atoms with Gasteiger partial charge in [-0.25, -0.2) is 0 Å². The van der Waals surface area contributed by atoms with Crippen LogP contribution in [0.2, 0.25) is 0 Å². The summed E-state index contributed by atoms with van der Waals surface area (Å²) < 4.78 is 5.15. The third-order valence-electron chi connectivity index (χ3n) is 3.03. The van der Waals surface area contributed by atoms with Crippen LogP contribution in [0, 0.1) is 0 Å². The monoisotopic (exact) mass is 216 g/mol. The van der Waals surface area contributed by atoms with Crippen molar-refractivity contribution < 1.29 is 9.63 Å². The van der Waals surface area contributed by atoms with Crippen LogP contribution in [0.15, 0.2) is 28.8 Å². The summed E-state index contributed by atoms with van der Waals surface area (Å²) in [5.74, 6) is 1.27. The van der Waals surface area contributed by atoms with Crippen LogP contribution in [0.25, 0.3) is 0 Å². The van der Waals surface area contributed by atoms with Gasteiger partial charge in [-0.2, -0.15) is 4.98 Å². The molecule has 0 unspecified atom stereocenters. The number of aliphatic hydroxyl groups is 1. The van der Waals surface area contributed by atoms with Crippen molar-refractivity contribution in [3.63, 3.8) is 0 Å². The van der Waals surface area contributed by atoms with Gasteiger partial charge in [-0.15, -0.1) is 0 Å². The zero-order valence-electron chi connectivity index (χ0n) is 8.76. The van der Waals surface area contributed by atoms with E-state index >= 15 is 0 Å². The molecule has 4 nitrogen and oxygen atoms in total. The molecule has 16 heavy (non-hydrogen) atoms. The van der Waals surface area contributed by atoms with Crippen molar-refractivity contribution in [3.05, 3.63) is 47.1 Å². The molecule has 0 spiro atoms. The van der Waals surface area contributed by atoms with Crippen molar-refractivity contribution in [2.45, 2.75) is 25.4 Å². The number of rotatable bonds is 2. The van der Waals surface area contributed by atoms with Crippen molar-refractivity contribution >= 4 is 0 Å². The molecule has 0 atom stereocenters. The van der Waals surface area contributed by atoms with E-state index in [1.54, 1.807) is 0 Å². The highest BCUT2D eigenvalue weighted by molar-refractivity contribution is 5.34. The summed E-state index contributed by atoms with van der Waals surface area (Å²) in [7, 11) is 0. The number of hydrogen-bond donors (Lipinski definition) is 1. The minimum Gasteiger partial charge on any atom is -0.388 e. The van der Waals surface area contributed by atoms with E-state index in [2.05, 4.69) is 22.3 Å². The Labute approximate surface area is 92.9 Å². The van der Waals surface area contributed by atoms with Crippen LogP contribution in [-0.2, 0) is 19.4 Å². The van der Waals surface area contributed by atoms with Gasteiger partial charge in [-0.1, -0.05) is 29.4 Å². The minimum absolute atomic E-state index is 0.164. The highest BCUT2D eigenvalue weighted by atomic mass is 16.5. The summed E-state index contributed by atoms with van der Waals surface area (Å²) in [6.07, 6.45) is 1.90. The van der Waals surface area contributed by atoms with Gasteiger partial charge in [-0.05, 0) is 24.0 Å². The first-order chi connectivity index (χ1) is 7.86. The molecular weight excluding hydrogens is 204 g/mol. The Morgan fingerprint density at radius 2 is 1.94 bits per heavy atom. The van der Waals surface area contributed by atoms with Crippen LogP contribution >= 0.6 is 0 Å². The van der Waals surface area contributed by atoms with Crippen LogP contribution in [0.4, 0.5) is 0 Å². The van der Waals surface area contributed by atoms with Crippen LogP contribution < -0.4 is 0 Å². The molecule has 3 rings (SSSR count). The lowest BCUT2D eigenvalue weighted by Gasteiger charge is -2.00. The first-order valence-corrected chi connectivity index (χ1v) is 5.37. The maximum atomic E-state index is 8.88. The summed E-state index contributed by atoms with van der Waals surface area (Å²) in [6, 6.07) is 8.37. The van der Waals surface area contributed by atoms with Crippen LogP contribution in [0.1, 0.15) is 28.8 Å². The standard InChI is InChI=1S/C12H12N2O2/c15-7-11-13-12(16-14-11)10-5-8-3-1-2-4-9(8)6-10/h1-4,10,15H,5-7H2. The molecule has 82 valence electrons. The van der Waals surface area contributed by atoms with E-state index in [4.69, 9.17) is 9.63 Å². The smallest absolute Gasteiger partial charge is 0.230 e. The SMILES string of the molecule is OCc1noc(C2Cc3ccccc3C2)n1. The van der Waals surface area contributed by atoms with Gasteiger partial charge in [0.05, 0.1) is 0 Å². The predicted octanol–water partition coefficient (Wildman–Crippen LogP) is 1.44. The highest BCUT2D eigenvalue weighted by Gasteiger charge is 2.26. The lowest BCUT2D eigenvalue weighted by atomic mass is 10.1. The summed E-state index contributed by atoms with van der Waals surface area (Å²) in [5.41, 5.74) is 2.72. The lowest BCUT2D eigenvalue weighted by Crippen LogP contribution is -1.98. The molecule has 1 aliphatic rings. The maximum Gasteiger partial charge on any atom is 0.230 e. The van der Waals surface area contributed by atoms with Crippen molar-refractivity contribution in [1.29, 1.82) is 0 Å². The molecule has 0 aliphatic heterocycles. The summed E-state index contributed by atoms with van der Waals surface area (Å²) in [6.45, 7) is -0.164. The Morgan fingerprint density at radius 1 is 1.25 bits per heavy atom. The molecule has 4 heteroatoms. The first-order valence-electron chi connectivity index (χ1n) is 5.37. The van der Waals surface area contributed by atoms with Gasteiger partial charge in [0.25, 0.3) is 0 Å². The molecule has 0 bridgehead atoms. The fourth-order valence-electron chi connectivity index (χ4n) is 2.23. The number of benzene rings is 1. The molecule has 0 radical (unpaired) electrons. The predicted molar refractivity (Wildman–Crippen MR) is 56.8 cm³/mol. The van der Waals surface area contributed by atoms with Crippen molar-refractivity contribution in [2.24, 2.45) is 0 Å². The third-order valence-corrected chi connectivity index (χ3v) is 3.03. The summed E-state index contributed by atoms with van der Waals surface area (Å²) >= 11 is 0. The van der Waals surface area contributed by atoms with E-state index in [-0.39, 0.29) is 12.5 Å². The van der Waals surface area contributed by atoms with Gasteiger partial charge in [0.15, 0.2) is 5.82 Å². The van der Waals surface area contributed by atoms with Crippen LogP contribution in [0.3, 0.4) is 0 Å². The molecule has 1 N–H and O–H groups in total. The highest BCUT2D eigenvalue weighted by Crippen LogP contribution is 2.32. The molecular formula is C12H12N2O2. The second-order valence-electron chi connectivity index (χ2n) is 4.08. The third kappa shape index (κ3) is 1.51. The van der Waals surface area contributed by atoms with Crippen LogP contribution in [-0.4, -0.2) is 15.2 Å². The molecule has 2 aromatic rings.